The molecule has 0 fully saturated rings. The first-order chi connectivity index (χ1) is 13.2. The van der Waals surface area contributed by atoms with Gasteiger partial charge in [0, 0.05) is 17.7 Å². The molecule has 3 aromatic rings. The summed E-state index contributed by atoms with van der Waals surface area (Å²) in [6, 6.07) is 25.6. The van der Waals surface area contributed by atoms with Crippen LogP contribution in [0.1, 0.15) is 40.9 Å². The third-order valence-corrected chi connectivity index (χ3v) is 4.71. The van der Waals surface area contributed by atoms with Gasteiger partial charge in [-0.2, -0.15) is 0 Å². The van der Waals surface area contributed by atoms with Gasteiger partial charge in [-0.3, -0.25) is 4.79 Å². The molecule has 27 heavy (non-hydrogen) atoms. The van der Waals surface area contributed by atoms with Crippen LogP contribution in [0.15, 0.2) is 78.9 Å². The van der Waals surface area contributed by atoms with Crippen LogP contribution in [0.3, 0.4) is 0 Å². The third kappa shape index (κ3) is 4.98. The number of nitrogens with one attached hydrogen (secondary N) is 1. The molecule has 1 atom stereocenters. The molecule has 0 radical (unpaired) electrons. The van der Waals surface area contributed by atoms with Crippen LogP contribution in [-0.4, -0.2) is 12.9 Å². The summed E-state index contributed by atoms with van der Waals surface area (Å²) < 4.78 is 5.25. The number of Topliss-reactive ketones (excluding diaryl/α,β-unsaturated/α-hetero) is 1. The predicted molar refractivity (Wildman–Crippen MR) is 111 cm³/mol. The summed E-state index contributed by atoms with van der Waals surface area (Å²) in [5.41, 5.74) is 4.03. The van der Waals surface area contributed by atoms with Crippen LogP contribution in [0.4, 0.5) is 5.69 Å². The Kier molecular flexibility index (Phi) is 6.26. The van der Waals surface area contributed by atoms with Gasteiger partial charge in [0.1, 0.15) is 5.75 Å². The Labute approximate surface area is 161 Å². The number of carbonyl (C=O) groups is 1. The lowest BCUT2D eigenvalue weighted by Gasteiger charge is -2.20. The molecule has 3 heteroatoms. The maximum atomic E-state index is 12.9. The minimum Gasteiger partial charge on any atom is -0.497 e. The minimum atomic E-state index is -0.114. The zero-order valence-corrected chi connectivity index (χ0v) is 15.8. The number of ether oxygens (including phenoxy) is 1. The minimum absolute atomic E-state index is 0.114. The van der Waals surface area contributed by atoms with Crippen LogP contribution in [0, 0.1) is 0 Å². The van der Waals surface area contributed by atoms with Crippen LogP contribution < -0.4 is 10.1 Å². The Balaban J connectivity index is 1.82. The highest BCUT2D eigenvalue weighted by Crippen LogP contribution is 2.26. The number of benzene rings is 3. The summed E-state index contributed by atoms with van der Waals surface area (Å²) in [5, 5.41) is 3.49. The van der Waals surface area contributed by atoms with Crippen molar-refractivity contribution in [2.75, 3.05) is 12.4 Å². The van der Waals surface area contributed by atoms with Crippen molar-refractivity contribution in [3.8, 4) is 5.75 Å². The van der Waals surface area contributed by atoms with Gasteiger partial charge in [-0.1, -0.05) is 61.5 Å². The molecule has 0 aliphatic rings. The second-order valence-electron chi connectivity index (χ2n) is 6.51. The second kappa shape index (κ2) is 9.04. The third-order valence-electron chi connectivity index (χ3n) is 4.71. The predicted octanol–water partition coefficient (Wildman–Crippen LogP) is 5.68. The lowest BCUT2D eigenvalue weighted by atomic mass is 9.96. The van der Waals surface area contributed by atoms with E-state index in [4.69, 9.17) is 4.74 Å². The Morgan fingerprint density at radius 1 is 0.926 bits per heavy atom. The molecular formula is C24H25NO2. The van der Waals surface area contributed by atoms with Crippen molar-refractivity contribution in [3.63, 3.8) is 0 Å². The van der Waals surface area contributed by atoms with Crippen LogP contribution in [0.5, 0.6) is 5.75 Å². The molecule has 0 saturated heterocycles. The molecule has 0 amide bonds. The zero-order chi connectivity index (χ0) is 19.1. The second-order valence-corrected chi connectivity index (χ2v) is 6.51. The SMILES string of the molecule is CCc1ccc(C(=O)CC(Nc2ccccc2)c2ccc(OC)cc2)cc1. The van der Waals surface area contributed by atoms with E-state index in [1.165, 1.54) is 5.56 Å². The molecular weight excluding hydrogens is 334 g/mol. The maximum Gasteiger partial charge on any atom is 0.165 e. The average Bonchev–Trinajstić information content (AvgIpc) is 2.74. The summed E-state index contributed by atoms with van der Waals surface area (Å²) in [6.07, 6.45) is 1.35. The Bertz CT molecular complexity index is 855. The van der Waals surface area contributed by atoms with Crippen LogP contribution in [-0.2, 0) is 6.42 Å². The number of hydrogen-bond acceptors (Lipinski definition) is 3. The smallest absolute Gasteiger partial charge is 0.165 e. The topological polar surface area (TPSA) is 38.3 Å². The van der Waals surface area contributed by atoms with E-state index in [1.807, 2.05) is 78.9 Å². The first kappa shape index (κ1) is 18.7. The van der Waals surface area contributed by atoms with Crippen molar-refractivity contribution in [2.24, 2.45) is 0 Å². The summed E-state index contributed by atoms with van der Waals surface area (Å²) in [4.78, 5) is 12.9. The van der Waals surface area contributed by atoms with Gasteiger partial charge in [-0.25, -0.2) is 0 Å². The van der Waals surface area contributed by atoms with Gasteiger partial charge in [0.15, 0.2) is 5.78 Å². The molecule has 0 spiro atoms. The van der Waals surface area contributed by atoms with E-state index in [2.05, 4.69) is 12.2 Å². The van der Waals surface area contributed by atoms with Crippen molar-refractivity contribution in [1.29, 1.82) is 0 Å². The lowest BCUT2D eigenvalue weighted by molar-refractivity contribution is 0.0976. The van der Waals surface area contributed by atoms with Crippen LogP contribution in [0.25, 0.3) is 0 Å². The maximum absolute atomic E-state index is 12.9. The first-order valence-corrected chi connectivity index (χ1v) is 9.27. The number of anilines is 1. The number of aryl methyl sites for hydroxylation is 1. The number of para-hydroxylation sites is 1. The van der Waals surface area contributed by atoms with E-state index in [0.29, 0.717) is 6.42 Å². The monoisotopic (exact) mass is 359 g/mol. The molecule has 1 N–H and O–H groups in total. The van der Waals surface area contributed by atoms with Crippen LogP contribution in [0.2, 0.25) is 0 Å². The van der Waals surface area contributed by atoms with Crippen molar-refractivity contribution >= 4 is 11.5 Å². The molecule has 0 aliphatic carbocycles. The van der Waals surface area contributed by atoms with E-state index in [0.717, 1.165) is 29.0 Å². The molecule has 0 bridgehead atoms. The fourth-order valence-electron chi connectivity index (χ4n) is 3.05. The van der Waals surface area contributed by atoms with Gasteiger partial charge < -0.3 is 10.1 Å². The first-order valence-electron chi connectivity index (χ1n) is 9.27. The highest BCUT2D eigenvalue weighted by Gasteiger charge is 2.17. The van der Waals surface area contributed by atoms with E-state index in [-0.39, 0.29) is 11.8 Å². The van der Waals surface area contributed by atoms with E-state index >= 15 is 0 Å². The largest absolute Gasteiger partial charge is 0.497 e. The number of hydrogen-bond donors (Lipinski definition) is 1. The van der Waals surface area contributed by atoms with Crippen molar-refractivity contribution < 1.29 is 9.53 Å². The molecule has 1 unspecified atom stereocenters. The van der Waals surface area contributed by atoms with Gasteiger partial charge in [-0.05, 0) is 41.8 Å². The molecule has 0 heterocycles. The molecule has 0 aliphatic heterocycles. The average molecular weight is 359 g/mol. The summed E-state index contributed by atoms with van der Waals surface area (Å²) in [7, 11) is 1.65. The van der Waals surface area contributed by atoms with Crippen molar-refractivity contribution in [2.45, 2.75) is 25.8 Å². The van der Waals surface area contributed by atoms with Crippen molar-refractivity contribution in [3.05, 3.63) is 95.6 Å². The van der Waals surface area contributed by atoms with Gasteiger partial charge in [0.25, 0.3) is 0 Å². The highest BCUT2D eigenvalue weighted by molar-refractivity contribution is 5.96. The normalized spacial score (nSPS) is 11.6. The summed E-state index contributed by atoms with van der Waals surface area (Å²) >= 11 is 0. The molecule has 138 valence electrons. The number of methoxy groups -OCH3 is 1. The zero-order valence-electron chi connectivity index (χ0n) is 15.8. The van der Waals surface area contributed by atoms with E-state index in [9.17, 15) is 4.79 Å². The summed E-state index contributed by atoms with van der Waals surface area (Å²) in [6.45, 7) is 2.11. The number of ketones is 1. The van der Waals surface area contributed by atoms with Crippen LogP contribution >= 0.6 is 0 Å². The number of carbonyl (C=O) groups excluding carboxylic acids is 1. The fourth-order valence-corrected chi connectivity index (χ4v) is 3.05. The Morgan fingerprint density at radius 2 is 1.59 bits per heavy atom. The lowest BCUT2D eigenvalue weighted by Crippen LogP contribution is -2.16. The van der Waals surface area contributed by atoms with Gasteiger partial charge in [0.05, 0.1) is 13.2 Å². The van der Waals surface area contributed by atoms with Gasteiger partial charge in [-0.15, -0.1) is 0 Å². The van der Waals surface area contributed by atoms with E-state index in [1.54, 1.807) is 7.11 Å². The Morgan fingerprint density at radius 3 is 2.19 bits per heavy atom. The standard InChI is InChI=1S/C24H25NO2/c1-3-18-9-11-20(12-10-18)24(26)17-23(25-21-7-5-4-6-8-21)19-13-15-22(27-2)16-14-19/h4-16,23,25H,3,17H2,1-2H3. The highest BCUT2D eigenvalue weighted by atomic mass is 16.5. The van der Waals surface area contributed by atoms with Crippen molar-refractivity contribution in [1.82, 2.24) is 0 Å². The molecule has 0 saturated carbocycles. The fraction of sp³-hybridized carbons (Fsp3) is 0.208. The number of rotatable bonds is 8. The molecule has 3 nitrogen and oxygen atoms in total. The van der Waals surface area contributed by atoms with Gasteiger partial charge >= 0.3 is 0 Å². The molecule has 0 aromatic heterocycles. The molecule has 3 aromatic carbocycles. The Hall–Kier alpha value is -3.07. The summed E-state index contributed by atoms with van der Waals surface area (Å²) in [5.74, 6) is 0.931. The quantitative estimate of drug-likeness (QED) is 0.526. The molecule has 3 rings (SSSR count). The van der Waals surface area contributed by atoms with Gasteiger partial charge in [0.2, 0.25) is 0 Å². The van der Waals surface area contributed by atoms with E-state index < -0.39 is 0 Å².